The van der Waals surface area contributed by atoms with Gasteiger partial charge < -0.3 is 0 Å². The molecular formula is C9H19NO2S. The van der Waals surface area contributed by atoms with E-state index in [0.717, 1.165) is 6.42 Å². The van der Waals surface area contributed by atoms with Gasteiger partial charge in [-0.1, -0.05) is 20.8 Å². The van der Waals surface area contributed by atoms with Crippen LogP contribution in [0.25, 0.3) is 0 Å². The van der Waals surface area contributed by atoms with Crippen molar-refractivity contribution in [3.8, 4) is 0 Å². The van der Waals surface area contributed by atoms with Crippen molar-refractivity contribution in [1.29, 1.82) is 0 Å². The fourth-order valence-electron chi connectivity index (χ4n) is 1.74. The maximum Gasteiger partial charge on any atom is 0.211 e. The highest BCUT2D eigenvalue weighted by Gasteiger charge is 2.35. The lowest BCUT2D eigenvalue weighted by Gasteiger charge is -2.26. The molecule has 1 atom stereocenters. The molecule has 1 unspecified atom stereocenters. The molecule has 1 aliphatic heterocycles. The van der Waals surface area contributed by atoms with E-state index in [9.17, 15) is 8.42 Å². The molecule has 0 aromatic rings. The van der Waals surface area contributed by atoms with Gasteiger partial charge in [-0.3, -0.25) is 0 Å². The van der Waals surface area contributed by atoms with Crippen molar-refractivity contribution < 1.29 is 8.42 Å². The number of nitrogens with zero attached hydrogens (tertiary/aromatic N) is 1. The van der Waals surface area contributed by atoms with Crippen LogP contribution in [-0.2, 0) is 10.0 Å². The van der Waals surface area contributed by atoms with Crippen LogP contribution in [0.5, 0.6) is 0 Å². The summed E-state index contributed by atoms with van der Waals surface area (Å²) in [7, 11) is -2.96. The van der Waals surface area contributed by atoms with E-state index >= 15 is 0 Å². The second-order valence-corrected chi connectivity index (χ2v) is 6.96. The summed E-state index contributed by atoms with van der Waals surface area (Å²) >= 11 is 0. The molecule has 0 amide bonds. The first-order chi connectivity index (χ1) is 5.71. The van der Waals surface area contributed by atoms with Crippen LogP contribution in [0.1, 0.15) is 27.2 Å². The Morgan fingerprint density at radius 3 is 2.08 bits per heavy atom. The number of hydrogen-bond acceptors (Lipinski definition) is 2. The predicted octanol–water partition coefficient (Wildman–Crippen LogP) is 1.31. The molecule has 3 nitrogen and oxygen atoms in total. The largest absolute Gasteiger partial charge is 0.213 e. The first kappa shape index (κ1) is 11.0. The first-order valence-electron chi connectivity index (χ1n) is 4.66. The molecule has 1 saturated heterocycles. The summed E-state index contributed by atoms with van der Waals surface area (Å²) in [5.74, 6) is 0.502. The topological polar surface area (TPSA) is 37.4 Å². The quantitative estimate of drug-likeness (QED) is 0.647. The molecule has 13 heavy (non-hydrogen) atoms. The molecule has 78 valence electrons. The Labute approximate surface area is 81.2 Å². The van der Waals surface area contributed by atoms with Crippen LogP contribution in [0.4, 0.5) is 0 Å². The van der Waals surface area contributed by atoms with E-state index in [2.05, 4.69) is 20.8 Å². The lowest BCUT2D eigenvalue weighted by atomic mass is 9.80. The Morgan fingerprint density at radius 2 is 1.85 bits per heavy atom. The van der Waals surface area contributed by atoms with Gasteiger partial charge in [-0.2, -0.15) is 0 Å². The van der Waals surface area contributed by atoms with Gasteiger partial charge in [0.2, 0.25) is 10.0 Å². The van der Waals surface area contributed by atoms with E-state index in [-0.39, 0.29) is 5.41 Å². The maximum absolute atomic E-state index is 11.2. The van der Waals surface area contributed by atoms with E-state index < -0.39 is 10.0 Å². The molecule has 0 spiro atoms. The van der Waals surface area contributed by atoms with E-state index in [1.807, 2.05) is 0 Å². The lowest BCUT2D eigenvalue weighted by molar-refractivity contribution is 0.252. The van der Waals surface area contributed by atoms with Gasteiger partial charge in [0.25, 0.3) is 0 Å². The minimum Gasteiger partial charge on any atom is -0.213 e. The fourth-order valence-corrected chi connectivity index (χ4v) is 2.62. The van der Waals surface area contributed by atoms with Gasteiger partial charge >= 0.3 is 0 Å². The summed E-state index contributed by atoms with van der Waals surface area (Å²) in [6.07, 6.45) is 2.29. The Balaban J connectivity index is 2.66. The van der Waals surface area contributed by atoms with Crippen LogP contribution in [-0.4, -0.2) is 32.1 Å². The van der Waals surface area contributed by atoms with Crippen LogP contribution in [0.2, 0.25) is 0 Å². The molecule has 1 heterocycles. The minimum atomic E-state index is -2.96. The molecule has 0 N–H and O–H groups in total. The van der Waals surface area contributed by atoms with Crippen LogP contribution < -0.4 is 0 Å². The molecule has 4 heteroatoms. The molecule has 0 aromatic heterocycles. The van der Waals surface area contributed by atoms with Crippen molar-refractivity contribution in [3.05, 3.63) is 0 Å². The molecule has 1 fully saturated rings. The van der Waals surface area contributed by atoms with Crippen molar-refractivity contribution in [2.75, 3.05) is 19.3 Å². The molecule has 1 rings (SSSR count). The van der Waals surface area contributed by atoms with Gasteiger partial charge in [0.15, 0.2) is 0 Å². The van der Waals surface area contributed by atoms with E-state index in [1.54, 1.807) is 4.31 Å². The molecule has 0 aliphatic carbocycles. The number of sulfonamides is 1. The molecule has 0 saturated carbocycles. The molecule has 0 aromatic carbocycles. The lowest BCUT2D eigenvalue weighted by Crippen LogP contribution is -2.30. The standard InChI is InChI=1S/C9H19NO2S/c1-9(2,3)8-5-6-10(7-8)13(4,11)12/h8H,5-7H2,1-4H3. The Kier molecular flexibility index (Phi) is 2.74. The Hall–Kier alpha value is -0.0900. The summed E-state index contributed by atoms with van der Waals surface area (Å²) in [6, 6.07) is 0. The SMILES string of the molecule is CC(C)(C)C1CCN(S(C)(=O)=O)C1. The monoisotopic (exact) mass is 205 g/mol. The van der Waals surface area contributed by atoms with E-state index in [1.165, 1.54) is 6.26 Å². The summed E-state index contributed by atoms with van der Waals surface area (Å²) in [6.45, 7) is 7.90. The second-order valence-electron chi connectivity index (χ2n) is 4.97. The predicted molar refractivity (Wildman–Crippen MR) is 54.0 cm³/mol. The average Bonchev–Trinajstić information content (AvgIpc) is 2.28. The van der Waals surface area contributed by atoms with Gasteiger partial charge in [0.05, 0.1) is 6.26 Å². The van der Waals surface area contributed by atoms with Gasteiger partial charge in [0.1, 0.15) is 0 Å². The third kappa shape index (κ3) is 2.68. The van der Waals surface area contributed by atoms with E-state index in [4.69, 9.17) is 0 Å². The van der Waals surface area contributed by atoms with Crippen molar-refractivity contribution in [3.63, 3.8) is 0 Å². The Bertz CT molecular complexity index is 276. The Morgan fingerprint density at radius 1 is 1.31 bits per heavy atom. The van der Waals surface area contributed by atoms with Crippen molar-refractivity contribution in [2.45, 2.75) is 27.2 Å². The molecule has 1 aliphatic rings. The number of hydrogen-bond donors (Lipinski definition) is 0. The van der Waals surface area contributed by atoms with Crippen molar-refractivity contribution in [2.24, 2.45) is 11.3 Å². The van der Waals surface area contributed by atoms with E-state index in [0.29, 0.717) is 19.0 Å². The van der Waals surface area contributed by atoms with Gasteiger partial charge in [0, 0.05) is 13.1 Å². The van der Waals surface area contributed by atoms with Crippen LogP contribution >= 0.6 is 0 Å². The van der Waals surface area contributed by atoms with Crippen LogP contribution in [0, 0.1) is 11.3 Å². The highest BCUT2D eigenvalue weighted by atomic mass is 32.2. The first-order valence-corrected chi connectivity index (χ1v) is 6.51. The van der Waals surface area contributed by atoms with Gasteiger partial charge in [-0.25, -0.2) is 12.7 Å². The fraction of sp³-hybridized carbons (Fsp3) is 1.00. The highest BCUT2D eigenvalue weighted by molar-refractivity contribution is 7.88. The summed E-state index contributed by atoms with van der Waals surface area (Å²) in [5, 5.41) is 0. The highest BCUT2D eigenvalue weighted by Crippen LogP contribution is 2.34. The zero-order chi connectivity index (χ0) is 10.3. The van der Waals surface area contributed by atoms with Crippen molar-refractivity contribution >= 4 is 10.0 Å². The van der Waals surface area contributed by atoms with Crippen LogP contribution in [0.15, 0.2) is 0 Å². The summed E-state index contributed by atoms with van der Waals surface area (Å²) in [4.78, 5) is 0. The maximum atomic E-state index is 11.2. The zero-order valence-corrected chi connectivity index (χ0v) is 9.69. The third-order valence-electron chi connectivity index (χ3n) is 2.84. The normalized spacial score (nSPS) is 26.6. The summed E-state index contributed by atoms with van der Waals surface area (Å²) in [5.41, 5.74) is 0.222. The second kappa shape index (κ2) is 3.24. The minimum absolute atomic E-state index is 0.222. The molecule has 0 radical (unpaired) electrons. The average molecular weight is 205 g/mol. The van der Waals surface area contributed by atoms with Gasteiger partial charge in [-0.05, 0) is 17.8 Å². The van der Waals surface area contributed by atoms with Gasteiger partial charge in [-0.15, -0.1) is 0 Å². The smallest absolute Gasteiger partial charge is 0.211 e. The molecular weight excluding hydrogens is 186 g/mol. The van der Waals surface area contributed by atoms with Crippen molar-refractivity contribution in [1.82, 2.24) is 4.31 Å². The zero-order valence-electron chi connectivity index (χ0n) is 8.87. The summed E-state index contributed by atoms with van der Waals surface area (Å²) < 4.78 is 24.1. The molecule has 0 bridgehead atoms. The van der Waals surface area contributed by atoms with Crippen LogP contribution in [0.3, 0.4) is 0 Å². The number of rotatable bonds is 1. The third-order valence-corrected chi connectivity index (χ3v) is 4.11.